The van der Waals surface area contributed by atoms with Crippen molar-refractivity contribution in [1.29, 1.82) is 0 Å². The summed E-state index contributed by atoms with van der Waals surface area (Å²) in [6.07, 6.45) is 4.51. The molecule has 4 N–H and O–H groups in total. The maximum atomic E-state index is 12.3. The van der Waals surface area contributed by atoms with Crippen LogP contribution in [0.5, 0.6) is 0 Å². The molecule has 2 amide bonds. The Morgan fingerprint density at radius 3 is 2.65 bits per heavy atom. The van der Waals surface area contributed by atoms with E-state index in [9.17, 15) is 9.59 Å². The van der Waals surface area contributed by atoms with Crippen LogP contribution < -0.4 is 21.3 Å². The largest absolute Gasteiger partial charge is 0.356 e. The van der Waals surface area contributed by atoms with Crippen LogP contribution in [0.1, 0.15) is 39.0 Å². The quantitative estimate of drug-likeness (QED) is 0.525. The average molecular weight is 322 g/mol. The van der Waals surface area contributed by atoms with E-state index in [0.717, 1.165) is 44.3 Å². The Bertz CT molecular complexity index is 448. The molecule has 1 saturated heterocycles. The summed E-state index contributed by atoms with van der Waals surface area (Å²) < 4.78 is 0. The number of rotatable bonds is 8. The Labute approximate surface area is 138 Å². The fourth-order valence-electron chi connectivity index (χ4n) is 2.90. The van der Waals surface area contributed by atoms with E-state index in [4.69, 9.17) is 0 Å². The number of nitrogens with one attached hydrogen (secondary N) is 4. The van der Waals surface area contributed by atoms with Gasteiger partial charge in [-0.2, -0.15) is 0 Å². The summed E-state index contributed by atoms with van der Waals surface area (Å²) in [5.74, 6) is 0.767. The van der Waals surface area contributed by atoms with E-state index in [1.165, 1.54) is 0 Å². The Hall–Kier alpha value is -1.40. The molecule has 2 rings (SSSR count). The van der Waals surface area contributed by atoms with Gasteiger partial charge in [0.1, 0.15) is 0 Å². The topological polar surface area (TPSA) is 82.3 Å². The van der Waals surface area contributed by atoms with Gasteiger partial charge in [-0.1, -0.05) is 6.58 Å². The highest BCUT2D eigenvalue weighted by molar-refractivity contribution is 5.83. The van der Waals surface area contributed by atoms with Crippen molar-refractivity contribution in [3.8, 4) is 0 Å². The molecule has 23 heavy (non-hydrogen) atoms. The Kier molecular flexibility index (Phi) is 6.59. The molecule has 2 fully saturated rings. The molecule has 1 heterocycles. The zero-order valence-corrected chi connectivity index (χ0v) is 14.3. The molecule has 2 aliphatic rings. The number of carbonyl (C=O) groups is 2. The Morgan fingerprint density at radius 1 is 1.26 bits per heavy atom. The third kappa shape index (κ3) is 5.95. The average Bonchev–Trinajstić information content (AvgIpc) is 3.37. The lowest BCUT2D eigenvalue weighted by atomic mass is 9.91. The zero-order chi connectivity index (χ0) is 16.8. The molecule has 3 unspecified atom stereocenters. The minimum Gasteiger partial charge on any atom is -0.356 e. The lowest BCUT2D eigenvalue weighted by Gasteiger charge is -2.30. The van der Waals surface area contributed by atoms with Gasteiger partial charge in [-0.3, -0.25) is 9.59 Å². The van der Waals surface area contributed by atoms with Gasteiger partial charge in [0.15, 0.2) is 0 Å². The molecule has 3 atom stereocenters. The van der Waals surface area contributed by atoms with Gasteiger partial charge in [0.05, 0.1) is 6.04 Å². The molecule has 0 aromatic carbocycles. The van der Waals surface area contributed by atoms with E-state index in [-0.39, 0.29) is 29.8 Å². The van der Waals surface area contributed by atoms with Gasteiger partial charge in [0, 0.05) is 30.6 Å². The van der Waals surface area contributed by atoms with Crippen molar-refractivity contribution in [1.82, 2.24) is 21.3 Å². The second-order valence-corrected chi connectivity index (χ2v) is 6.90. The summed E-state index contributed by atoms with van der Waals surface area (Å²) in [6.45, 7) is 7.46. The molecular weight excluding hydrogens is 292 g/mol. The number of hydrogen-bond donors (Lipinski definition) is 4. The van der Waals surface area contributed by atoms with Crippen LogP contribution in [0.3, 0.4) is 0 Å². The van der Waals surface area contributed by atoms with Gasteiger partial charge in [0.25, 0.3) is 0 Å². The van der Waals surface area contributed by atoms with E-state index in [1.807, 2.05) is 7.05 Å². The summed E-state index contributed by atoms with van der Waals surface area (Å²) in [4.78, 5) is 24.1. The number of amides is 2. The van der Waals surface area contributed by atoms with Gasteiger partial charge in [-0.05, 0) is 52.1 Å². The second-order valence-electron chi connectivity index (χ2n) is 6.90. The van der Waals surface area contributed by atoms with Gasteiger partial charge >= 0.3 is 0 Å². The van der Waals surface area contributed by atoms with Crippen molar-refractivity contribution in [3.63, 3.8) is 0 Å². The van der Waals surface area contributed by atoms with Gasteiger partial charge in [-0.15, -0.1) is 0 Å². The lowest BCUT2D eigenvalue weighted by Crippen LogP contribution is -2.50. The lowest BCUT2D eigenvalue weighted by molar-refractivity contribution is -0.123. The van der Waals surface area contributed by atoms with E-state index < -0.39 is 0 Å². The first-order valence-electron chi connectivity index (χ1n) is 8.66. The summed E-state index contributed by atoms with van der Waals surface area (Å²) in [5.41, 5.74) is 0.739. The number of hydrogen-bond acceptors (Lipinski definition) is 4. The van der Waals surface area contributed by atoms with Crippen molar-refractivity contribution in [3.05, 3.63) is 12.3 Å². The molecule has 0 bridgehead atoms. The van der Waals surface area contributed by atoms with Crippen molar-refractivity contribution in [2.45, 2.75) is 51.1 Å². The first-order valence-corrected chi connectivity index (χ1v) is 8.66. The van der Waals surface area contributed by atoms with Gasteiger partial charge in [-0.25, -0.2) is 0 Å². The smallest absolute Gasteiger partial charge is 0.241 e. The third-order valence-electron chi connectivity index (χ3n) is 4.69. The van der Waals surface area contributed by atoms with Crippen LogP contribution in [0.25, 0.3) is 0 Å². The zero-order valence-electron chi connectivity index (χ0n) is 14.3. The minimum absolute atomic E-state index is 0.0171. The fourth-order valence-corrected chi connectivity index (χ4v) is 2.90. The summed E-state index contributed by atoms with van der Waals surface area (Å²) in [5, 5.41) is 12.3. The number of piperidine rings is 1. The molecule has 6 heteroatoms. The summed E-state index contributed by atoms with van der Waals surface area (Å²) in [6, 6.07) is 0.0840. The van der Waals surface area contributed by atoms with Crippen LogP contribution >= 0.6 is 0 Å². The van der Waals surface area contributed by atoms with Crippen molar-refractivity contribution >= 4 is 11.8 Å². The van der Waals surface area contributed by atoms with Crippen LogP contribution in [-0.2, 0) is 9.59 Å². The maximum Gasteiger partial charge on any atom is 0.241 e. The van der Waals surface area contributed by atoms with Gasteiger partial charge in [0.2, 0.25) is 11.8 Å². The van der Waals surface area contributed by atoms with E-state index >= 15 is 0 Å². The highest BCUT2D eigenvalue weighted by Gasteiger charge is 2.31. The first kappa shape index (κ1) is 17.9. The van der Waals surface area contributed by atoms with Crippen LogP contribution in [0, 0.1) is 11.8 Å². The van der Waals surface area contributed by atoms with Crippen LogP contribution in [-0.4, -0.2) is 44.0 Å². The predicted octanol–water partition coefficient (Wildman–Crippen LogP) is 0.509. The summed E-state index contributed by atoms with van der Waals surface area (Å²) in [7, 11) is 1.89. The molecule has 1 aliphatic heterocycles. The van der Waals surface area contributed by atoms with Gasteiger partial charge < -0.3 is 21.3 Å². The van der Waals surface area contributed by atoms with Crippen molar-refractivity contribution in [2.75, 3.05) is 20.1 Å². The van der Waals surface area contributed by atoms with E-state index in [0.29, 0.717) is 12.5 Å². The van der Waals surface area contributed by atoms with Crippen molar-refractivity contribution < 1.29 is 9.59 Å². The second kappa shape index (κ2) is 8.45. The van der Waals surface area contributed by atoms with Crippen LogP contribution in [0.4, 0.5) is 0 Å². The molecule has 1 aliphatic carbocycles. The predicted molar refractivity (Wildman–Crippen MR) is 90.7 cm³/mol. The minimum atomic E-state index is -0.201. The molecule has 6 nitrogen and oxygen atoms in total. The molecule has 0 aromatic heterocycles. The third-order valence-corrected chi connectivity index (χ3v) is 4.69. The molecule has 0 aromatic rings. The van der Waals surface area contributed by atoms with E-state index in [2.05, 4.69) is 34.8 Å². The van der Waals surface area contributed by atoms with Crippen LogP contribution in [0.15, 0.2) is 12.3 Å². The maximum absolute atomic E-state index is 12.3. The molecular formula is C17H30N4O2. The fraction of sp³-hybridized carbons (Fsp3) is 0.765. The number of carbonyl (C=O) groups excluding carboxylic acids is 2. The highest BCUT2D eigenvalue weighted by Crippen LogP contribution is 2.29. The standard InChI is InChI=1S/C17H30N4O2/c1-11(18-3)8-12(2)21-17(23)15-9-13(6-7-19-15)10-20-16(22)14-4-5-14/h11,13-15,18-19H,2,4-10H2,1,3H3,(H,20,22)(H,21,23). The molecule has 0 spiro atoms. The molecule has 1 saturated carbocycles. The molecule has 0 radical (unpaired) electrons. The monoisotopic (exact) mass is 322 g/mol. The first-order chi connectivity index (χ1) is 11.0. The normalized spacial score (nSPS) is 25.5. The Morgan fingerprint density at radius 2 is 2.00 bits per heavy atom. The highest BCUT2D eigenvalue weighted by atomic mass is 16.2. The SMILES string of the molecule is C=C(CC(C)NC)NC(=O)C1CC(CNC(=O)C2CC2)CCN1. The Balaban J connectivity index is 1.72. The molecule has 130 valence electrons. The van der Waals surface area contributed by atoms with Crippen LogP contribution in [0.2, 0.25) is 0 Å². The summed E-state index contributed by atoms with van der Waals surface area (Å²) >= 11 is 0. The van der Waals surface area contributed by atoms with Crippen molar-refractivity contribution in [2.24, 2.45) is 11.8 Å². The van der Waals surface area contributed by atoms with E-state index in [1.54, 1.807) is 0 Å².